The molecule has 0 spiro atoms. The molecule has 0 amide bonds. The molecule has 9 aliphatic rings. The number of allylic oxidation sites excluding steroid dienone is 3. The van der Waals surface area contributed by atoms with Crippen LogP contribution in [0.3, 0.4) is 0 Å². The molecule has 1 heteroatoms. The van der Waals surface area contributed by atoms with Crippen LogP contribution in [0.25, 0.3) is 0 Å². The van der Waals surface area contributed by atoms with Crippen molar-refractivity contribution in [1.29, 1.82) is 0 Å². The Morgan fingerprint density at radius 1 is 0.490 bits per heavy atom. The number of likely N-dealkylation sites (tertiary alicyclic amines) is 1. The second kappa shape index (κ2) is 16.7. The normalized spacial score (nSPS) is 46.0. The molecule has 1 saturated heterocycles. The van der Waals surface area contributed by atoms with Gasteiger partial charge in [-0.2, -0.15) is 0 Å². The summed E-state index contributed by atoms with van der Waals surface area (Å²) in [4.78, 5) is 3.27. The number of fused-ring (bicyclic) bond motifs is 3. The Balaban J connectivity index is 0.875. The van der Waals surface area contributed by atoms with E-state index in [1.165, 1.54) is 128 Å². The van der Waals surface area contributed by atoms with Gasteiger partial charge in [0, 0.05) is 18.1 Å². The summed E-state index contributed by atoms with van der Waals surface area (Å²) in [6.07, 6.45) is 53.0. The molecule has 0 aromatic carbocycles. The molecule has 7 saturated carbocycles. The number of hydrogen-bond acceptors (Lipinski definition) is 1. The molecule has 1 aliphatic heterocycles. The van der Waals surface area contributed by atoms with Crippen LogP contribution in [-0.2, 0) is 0 Å². The van der Waals surface area contributed by atoms with E-state index in [4.69, 9.17) is 0 Å². The van der Waals surface area contributed by atoms with Crippen LogP contribution >= 0.6 is 0 Å². The van der Waals surface area contributed by atoms with Gasteiger partial charge in [0.2, 0.25) is 0 Å². The first-order valence-electron chi connectivity index (χ1n) is 24.4. The van der Waals surface area contributed by atoms with Crippen molar-refractivity contribution in [2.75, 3.05) is 0 Å². The molecule has 0 radical (unpaired) electrons. The van der Waals surface area contributed by atoms with E-state index in [2.05, 4.69) is 24.0 Å². The maximum absolute atomic E-state index is 3.27. The second-order valence-electron chi connectivity index (χ2n) is 21.2. The van der Waals surface area contributed by atoms with E-state index in [1.54, 1.807) is 70.6 Å². The fourth-order valence-electron chi connectivity index (χ4n) is 16.1. The third-order valence-corrected chi connectivity index (χ3v) is 18.6. The van der Waals surface area contributed by atoms with Crippen LogP contribution in [0.4, 0.5) is 0 Å². The molecule has 1 heterocycles. The maximum atomic E-state index is 3.27. The largest absolute Gasteiger partial charge is 0.290 e. The molecule has 51 heavy (non-hydrogen) atoms. The minimum atomic E-state index is 0.784. The molecule has 0 N–H and O–H groups in total. The van der Waals surface area contributed by atoms with E-state index in [1.807, 2.05) is 11.1 Å². The Kier molecular flexibility index (Phi) is 11.8. The van der Waals surface area contributed by atoms with Crippen LogP contribution in [0.1, 0.15) is 206 Å². The smallest absolute Gasteiger partial charge is 0.0287 e. The van der Waals surface area contributed by atoms with E-state index in [0.717, 1.165) is 83.2 Å². The number of hydrogen-bond donors (Lipinski definition) is 0. The predicted octanol–water partition coefficient (Wildman–Crippen LogP) is 14.3. The molecular formula is C50H81N. The van der Waals surface area contributed by atoms with Crippen LogP contribution in [0.2, 0.25) is 0 Å². The van der Waals surface area contributed by atoms with Crippen molar-refractivity contribution in [2.24, 2.45) is 65.1 Å². The quantitative estimate of drug-likeness (QED) is 0.250. The zero-order chi connectivity index (χ0) is 34.1. The van der Waals surface area contributed by atoms with E-state index >= 15 is 0 Å². The summed E-state index contributed by atoms with van der Waals surface area (Å²) in [7, 11) is 0. The highest BCUT2D eigenvalue weighted by molar-refractivity contribution is 5.18. The Morgan fingerprint density at radius 3 is 1.98 bits per heavy atom. The van der Waals surface area contributed by atoms with Crippen LogP contribution in [0, 0.1) is 65.1 Å². The maximum Gasteiger partial charge on any atom is 0.0287 e. The van der Waals surface area contributed by atoms with Crippen molar-refractivity contribution >= 4 is 0 Å². The fraction of sp³-hybridized carbons (Fsp3) is 0.920. The molecule has 9 rings (SSSR count). The molecule has 1 nitrogen and oxygen atoms in total. The lowest BCUT2D eigenvalue weighted by molar-refractivity contribution is 0.0320. The van der Waals surface area contributed by atoms with Gasteiger partial charge in [0.05, 0.1) is 0 Å². The first kappa shape index (κ1) is 36.1. The Morgan fingerprint density at radius 2 is 1.14 bits per heavy atom. The SMILES string of the molecule is C[C@H]1CCC(C2CCC3C(C2)[C@H]2CCCCC2N3C2C=C(C3CCCCC3)CCC2)CC1C1CCCCC1/C=C1\CCCC(C2CCCCC2)C1. The standard InChI is InChI=1S/C50H81N/c1-35-26-27-41(33-47(35)45-23-9-8-19-43(45)31-36-14-12-20-39(30-36)37-15-4-2-5-16-37)42-28-29-50-48(34-42)46-24-10-11-25-49(46)51(50)44-22-13-21-40(32-44)38-17-6-3-7-18-38/h31-32,35,37-39,41-50H,2-30,33-34H2,1H3/b36-31+/t35-,39?,41?,42?,43?,44?,45?,46+,47?,48?,49?,50?/m0/s1. The first-order valence-corrected chi connectivity index (χ1v) is 24.4. The molecule has 0 aromatic heterocycles. The van der Waals surface area contributed by atoms with E-state index in [9.17, 15) is 0 Å². The second-order valence-corrected chi connectivity index (χ2v) is 21.2. The van der Waals surface area contributed by atoms with Crippen molar-refractivity contribution in [3.63, 3.8) is 0 Å². The van der Waals surface area contributed by atoms with E-state index in [0.29, 0.717) is 0 Å². The Hall–Kier alpha value is -0.560. The lowest BCUT2D eigenvalue weighted by Gasteiger charge is -2.48. The number of nitrogens with zero attached hydrogens (tertiary/aromatic N) is 1. The summed E-state index contributed by atoms with van der Waals surface area (Å²) >= 11 is 0. The van der Waals surface area contributed by atoms with Crippen molar-refractivity contribution in [3.05, 3.63) is 23.3 Å². The molecule has 10 unspecified atom stereocenters. The molecule has 8 fully saturated rings. The minimum Gasteiger partial charge on any atom is -0.290 e. The molecule has 286 valence electrons. The molecule has 8 aliphatic carbocycles. The Bertz CT molecular complexity index is 1180. The topological polar surface area (TPSA) is 3.24 Å². The van der Waals surface area contributed by atoms with Gasteiger partial charge < -0.3 is 0 Å². The average molecular weight is 696 g/mol. The van der Waals surface area contributed by atoms with Crippen molar-refractivity contribution < 1.29 is 0 Å². The van der Waals surface area contributed by atoms with Crippen molar-refractivity contribution in [2.45, 2.75) is 224 Å². The van der Waals surface area contributed by atoms with Crippen LogP contribution in [0.15, 0.2) is 23.3 Å². The first-order chi connectivity index (χ1) is 25.2. The van der Waals surface area contributed by atoms with Gasteiger partial charge in [-0.05, 0) is 181 Å². The summed E-state index contributed by atoms with van der Waals surface area (Å²) in [6.45, 7) is 2.71. The van der Waals surface area contributed by atoms with Crippen LogP contribution in [-0.4, -0.2) is 23.0 Å². The average Bonchev–Trinajstić information content (AvgIpc) is 3.53. The van der Waals surface area contributed by atoms with Crippen LogP contribution < -0.4 is 0 Å². The molecule has 12 atom stereocenters. The fourth-order valence-corrected chi connectivity index (χ4v) is 16.1. The number of rotatable bonds is 6. The lowest BCUT2D eigenvalue weighted by atomic mass is 9.58. The van der Waals surface area contributed by atoms with E-state index < -0.39 is 0 Å². The summed E-state index contributed by atoms with van der Waals surface area (Å²) in [6, 6.07) is 2.63. The Labute approximate surface area is 316 Å². The van der Waals surface area contributed by atoms with Gasteiger partial charge in [0.25, 0.3) is 0 Å². The van der Waals surface area contributed by atoms with Gasteiger partial charge in [0.15, 0.2) is 0 Å². The third kappa shape index (κ3) is 7.80. The van der Waals surface area contributed by atoms with Gasteiger partial charge in [-0.25, -0.2) is 0 Å². The highest BCUT2D eigenvalue weighted by Gasteiger charge is 2.54. The van der Waals surface area contributed by atoms with Gasteiger partial charge in [-0.15, -0.1) is 0 Å². The van der Waals surface area contributed by atoms with Gasteiger partial charge >= 0.3 is 0 Å². The summed E-state index contributed by atoms with van der Waals surface area (Å²) in [5.41, 5.74) is 3.85. The van der Waals surface area contributed by atoms with Crippen molar-refractivity contribution in [3.8, 4) is 0 Å². The van der Waals surface area contributed by atoms with Gasteiger partial charge in [-0.1, -0.05) is 114 Å². The zero-order valence-electron chi connectivity index (χ0n) is 33.6. The molecule has 0 aromatic rings. The highest BCUT2D eigenvalue weighted by atomic mass is 15.3. The highest BCUT2D eigenvalue weighted by Crippen LogP contribution is 2.56. The van der Waals surface area contributed by atoms with Gasteiger partial charge in [0.1, 0.15) is 0 Å². The lowest BCUT2D eigenvalue weighted by Crippen LogP contribution is -2.47. The zero-order valence-corrected chi connectivity index (χ0v) is 33.6. The predicted molar refractivity (Wildman–Crippen MR) is 217 cm³/mol. The molecular weight excluding hydrogens is 615 g/mol. The van der Waals surface area contributed by atoms with E-state index in [-0.39, 0.29) is 0 Å². The minimum absolute atomic E-state index is 0.784. The van der Waals surface area contributed by atoms with Crippen molar-refractivity contribution in [1.82, 2.24) is 4.90 Å². The summed E-state index contributed by atoms with van der Waals surface area (Å²) < 4.78 is 0. The van der Waals surface area contributed by atoms with Crippen LogP contribution in [0.5, 0.6) is 0 Å². The summed E-state index contributed by atoms with van der Waals surface area (Å²) in [5.74, 6) is 11.0. The molecule has 0 bridgehead atoms. The third-order valence-electron chi connectivity index (χ3n) is 18.6. The van der Waals surface area contributed by atoms with Gasteiger partial charge in [-0.3, -0.25) is 4.90 Å². The summed E-state index contributed by atoms with van der Waals surface area (Å²) in [5, 5.41) is 0. The monoisotopic (exact) mass is 696 g/mol.